The Morgan fingerprint density at radius 2 is 2.00 bits per heavy atom. The van der Waals surface area contributed by atoms with E-state index in [-0.39, 0.29) is 11.4 Å². The molecule has 1 rings (SSSR count). The predicted molar refractivity (Wildman–Crippen MR) is 67.2 cm³/mol. The molecule has 0 saturated heterocycles. The Morgan fingerprint density at radius 3 is 2.53 bits per heavy atom. The SMILES string of the molecule is Cc1cc(N)cc(S(=O)(=O)NC[C@@H](C)O)c1C. The number of rotatable bonds is 4. The van der Waals surface area contributed by atoms with E-state index in [0.717, 1.165) is 5.56 Å². The van der Waals surface area contributed by atoms with Gasteiger partial charge >= 0.3 is 0 Å². The summed E-state index contributed by atoms with van der Waals surface area (Å²) in [7, 11) is -3.62. The van der Waals surface area contributed by atoms with Gasteiger partial charge < -0.3 is 10.8 Å². The van der Waals surface area contributed by atoms with Crippen LogP contribution in [0.3, 0.4) is 0 Å². The van der Waals surface area contributed by atoms with Gasteiger partial charge in [0.1, 0.15) is 0 Å². The van der Waals surface area contributed by atoms with Gasteiger partial charge in [-0.05, 0) is 44.0 Å². The van der Waals surface area contributed by atoms with Gasteiger partial charge in [0.25, 0.3) is 0 Å². The van der Waals surface area contributed by atoms with E-state index in [9.17, 15) is 8.42 Å². The number of benzene rings is 1. The smallest absolute Gasteiger partial charge is 0.241 e. The number of aliphatic hydroxyl groups excluding tert-OH is 1. The minimum absolute atomic E-state index is 0.0182. The lowest BCUT2D eigenvalue weighted by molar-refractivity contribution is 0.198. The van der Waals surface area contributed by atoms with Gasteiger partial charge in [0, 0.05) is 12.2 Å². The van der Waals surface area contributed by atoms with E-state index >= 15 is 0 Å². The van der Waals surface area contributed by atoms with Gasteiger partial charge in [-0.1, -0.05) is 0 Å². The van der Waals surface area contributed by atoms with Gasteiger partial charge in [-0.15, -0.1) is 0 Å². The molecule has 6 heteroatoms. The number of sulfonamides is 1. The standard InChI is InChI=1S/C11H18N2O3S/c1-7-4-10(12)5-11(9(7)3)17(15,16)13-6-8(2)14/h4-5,8,13-14H,6,12H2,1-3H3/t8-/m1/s1. The van der Waals surface area contributed by atoms with Gasteiger partial charge in [-0.2, -0.15) is 0 Å². The van der Waals surface area contributed by atoms with Crippen molar-refractivity contribution >= 4 is 15.7 Å². The first-order valence-electron chi connectivity index (χ1n) is 5.28. The molecule has 96 valence electrons. The number of hydrogen-bond acceptors (Lipinski definition) is 4. The molecule has 0 aliphatic carbocycles. The molecule has 0 aliphatic rings. The van der Waals surface area contributed by atoms with Crippen molar-refractivity contribution in [1.29, 1.82) is 0 Å². The highest BCUT2D eigenvalue weighted by Gasteiger charge is 2.18. The van der Waals surface area contributed by atoms with Crippen LogP contribution < -0.4 is 10.5 Å². The van der Waals surface area contributed by atoms with Crippen molar-refractivity contribution in [3.8, 4) is 0 Å². The van der Waals surface area contributed by atoms with Gasteiger partial charge in [-0.3, -0.25) is 0 Å². The van der Waals surface area contributed by atoms with Gasteiger partial charge in [0.2, 0.25) is 10.0 Å². The maximum atomic E-state index is 12.0. The molecule has 1 aromatic carbocycles. The first kappa shape index (κ1) is 14.0. The fourth-order valence-electron chi connectivity index (χ4n) is 1.44. The van der Waals surface area contributed by atoms with Crippen molar-refractivity contribution in [2.45, 2.75) is 31.8 Å². The summed E-state index contributed by atoms with van der Waals surface area (Å²) in [4.78, 5) is 0.163. The van der Waals surface area contributed by atoms with Crippen LogP contribution in [0.4, 0.5) is 5.69 Å². The Hall–Kier alpha value is -1.11. The average molecular weight is 258 g/mol. The zero-order valence-electron chi connectivity index (χ0n) is 10.2. The number of hydrogen-bond donors (Lipinski definition) is 3. The third kappa shape index (κ3) is 3.42. The topological polar surface area (TPSA) is 92.4 Å². The van der Waals surface area contributed by atoms with Crippen molar-refractivity contribution in [2.75, 3.05) is 12.3 Å². The third-order valence-corrected chi connectivity index (χ3v) is 4.05. The fraction of sp³-hybridized carbons (Fsp3) is 0.455. The quantitative estimate of drug-likeness (QED) is 0.687. The first-order chi connectivity index (χ1) is 7.74. The van der Waals surface area contributed by atoms with Crippen LogP contribution in [-0.4, -0.2) is 26.2 Å². The number of nitrogen functional groups attached to an aromatic ring is 1. The zero-order valence-corrected chi connectivity index (χ0v) is 11.0. The van der Waals surface area contributed by atoms with E-state index in [0.29, 0.717) is 11.3 Å². The maximum absolute atomic E-state index is 12.0. The Balaban J connectivity index is 3.15. The second-order valence-corrected chi connectivity index (χ2v) is 5.90. The fourth-order valence-corrected chi connectivity index (χ4v) is 2.91. The molecule has 0 spiro atoms. The lowest BCUT2D eigenvalue weighted by Gasteiger charge is -2.13. The van der Waals surface area contributed by atoms with Crippen LogP contribution in [-0.2, 0) is 10.0 Å². The minimum Gasteiger partial charge on any atom is -0.399 e. The summed E-state index contributed by atoms with van der Waals surface area (Å²) in [6.07, 6.45) is -0.729. The first-order valence-corrected chi connectivity index (χ1v) is 6.77. The van der Waals surface area contributed by atoms with Crippen LogP contribution in [0.15, 0.2) is 17.0 Å². The molecule has 0 aliphatic heterocycles. The number of aryl methyl sites for hydroxylation is 1. The van der Waals surface area contributed by atoms with E-state index in [2.05, 4.69) is 4.72 Å². The zero-order chi connectivity index (χ0) is 13.2. The molecule has 4 N–H and O–H groups in total. The monoisotopic (exact) mass is 258 g/mol. The minimum atomic E-state index is -3.62. The lowest BCUT2D eigenvalue weighted by atomic mass is 10.1. The predicted octanol–water partition coefficient (Wildman–Crippen LogP) is 0.545. The van der Waals surface area contributed by atoms with Crippen molar-refractivity contribution in [3.05, 3.63) is 23.3 Å². The normalized spacial score (nSPS) is 13.6. The van der Waals surface area contributed by atoms with E-state index in [4.69, 9.17) is 10.8 Å². The van der Waals surface area contributed by atoms with Crippen LogP contribution in [0, 0.1) is 13.8 Å². The van der Waals surface area contributed by atoms with Crippen LogP contribution in [0.25, 0.3) is 0 Å². The highest BCUT2D eigenvalue weighted by Crippen LogP contribution is 2.22. The van der Waals surface area contributed by atoms with Crippen LogP contribution >= 0.6 is 0 Å². The van der Waals surface area contributed by atoms with Crippen molar-refractivity contribution < 1.29 is 13.5 Å². The highest BCUT2D eigenvalue weighted by atomic mass is 32.2. The second-order valence-electron chi connectivity index (χ2n) is 4.16. The summed E-state index contributed by atoms with van der Waals surface area (Å²) < 4.78 is 26.3. The summed E-state index contributed by atoms with van der Waals surface area (Å²) in [6, 6.07) is 3.15. The van der Waals surface area contributed by atoms with Crippen molar-refractivity contribution in [3.63, 3.8) is 0 Å². The summed E-state index contributed by atoms with van der Waals surface area (Å²) >= 11 is 0. The van der Waals surface area contributed by atoms with Gasteiger partial charge in [0.05, 0.1) is 11.0 Å². The molecular weight excluding hydrogens is 240 g/mol. The molecule has 5 nitrogen and oxygen atoms in total. The second kappa shape index (κ2) is 5.03. The summed E-state index contributed by atoms with van der Waals surface area (Å²) in [5, 5.41) is 9.09. The molecule has 0 aromatic heterocycles. The summed E-state index contributed by atoms with van der Waals surface area (Å²) in [6.45, 7) is 5.03. The van der Waals surface area contributed by atoms with E-state index in [1.807, 2.05) is 0 Å². The van der Waals surface area contributed by atoms with Gasteiger partial charge in [-0.25, -0.2) is 13.1 Å². The lowest BCUT2D eigenvalue weighted by Crippen LogP contribution is -2.31. The number of anilines is 1. The Bertz CT molecular complexity index is 510. The van der Waals surface area contributed by atoms with Crippen molar-refractivity contribution in [2.24, 2.45) is 0 Å². The molecule has 0 amide bonds. The molecule has 0 bridgehead atoms. The summed E-state index contributed by atoms with van der Waals surface area (Å²) in [5.74, 6) is 0. The van der Waals surface area contributed by atoms with Gasteiger partial charge in [0.15, 0.2) is 0 Å². The maximum Gasteiger partial charge on any atom is 0.241 e. The molecule has 0 radical (unpaired) electrons. The Labute approximate surface area is 102 Å². The van der Waals surface area contributed by atoms with E-state index < -0.39 is 16.1 Å². The molecular formula is C11H18N2O3S. The van der Waals surface area contributed by atoms with Crippen LogP contribution in [0.5, 0.6) is 0 Å². The number of nitrogens with two attached hydrogens (primary N) is 1. The largest absolute Gasteiger partial charge is 0.399 e. The number of aliphatic hydroxyl groups is 1. The molecule has 1 aromatic rings. The molecule has 0 saturated carbocycles. The van der Waals surface area contributed by atoms with E-state index in [1.54, 1.807) is 19.9 Å². The average Bonchev–Trinajstić information content (AvgIpc) is 2.20. The van der Waals surface area contributed by atoms with Crippen molar-refractivity contribution in [1.82, 2.24) is 4.72 Å². The highest BCUT2D eigenvalue weighted by molar-refractivity contribution is 7.89. The Morgan fingerprint density at radius 1 is 1.41 bits per heavy atom. The number of nitrogens with one attached hydrogen (secondary N) is 1. The molecule has 0 unspecified atom stereocenters. The molecule has 0 fully saturated rings. The Kier molecular flexibility index (Phi) is 4.13. The molecule has 0 heterocycles. The van der Waals surface area contributed by atoms with E-state index in [1.165, 1.54) is 13.0 Å². The molecule has 1 atom stereocenters. The summed E-state index contributed by atoms with van der Waals surface area (Å²) in [5.41, 5.74) is 7.53. The molecule has 17 heavy (non-hydrogen) atoms. The van der Waals surface area contributed by atoms with Crippen LogP contribution in [0.1, 0.15) is 18.1 Å². The van der Waals surface area contributed by atoms with Crippen LogP contribution in [0.2, 0.25) is 0 Å². The third-order valence-electron chi connectivity index (χ3n) is 2.50.